The number of benzene rings is 1. The van der Waals surface area contributed by atoms with E-state index < -0.39 is 42.2 Å². The van der Waals surface area contributed by atoms with Crippen LogP contribution in [0.15, 0.2) is 17.0 Å². The third-order valence-corrected chi connectivity index (χ3v) is 3.66. The zero-order chi connectivity index (χ0) is 15.5. The summed E-state index contributed by atoms with van der Waals surface area (Å²) < 4.78 is 46.3. The van der Waals surface area contributed by atoms with E-state index >= 15 is 0 Å². The number of nitro groups is 1. The fourth-order valence-electron chi connectivity index (χ4n) is 1.25. The van der Waals surface area contributed by atoms with E-state index in [1.165, 1.54) is 7.11 Å². The summed E-state index contributed by atoms with van der Waals surface area (Å²) in [5.74, 6) is -1.86. The van der Waals surface area contributed by atoms with E-state index in [-0.39, 0.29) is 6.61 Å². The van der Waals surface area contributed by atoms with Crippen molar-refractivity contribution in [2.75, 3.05) is 13.7 Å². The molecule has 0 saturated carbocycles. The lowest BCUT2D eigenvalue weighted by atomic mass is 10.3. The van der Waals surface area contributed by atoms with Gasteiger partial charge in [-0.2, -0.15) is 0 Å². The summed E-state index contributed by atoms with van der Waals surface area (Å²) in [4.78, 5) is 8.86. The molecule has 0 amide bonds. The van der Waals surface area contributed by atoms with Crippen molar-refractivity contribution < 1.29 is 27.2 Å². The Hall–Kier alpha value is -1.45. The second-order valence-electron chi connectivity index (χ2n) is 3.81. The predicted octanol–water partition coefficient (Wildman–Crippen LogP) is 2.08. The van der Waals surface area contributed by atoms with E-state index in [9.17, 15) is 22.9 Å². The largest absolute Gasteiger partial charge is 0.486 e. The minimum Gasteiger partial charge on any atom is -0.486 e. The van der Waals surface area contributed by atoms with Crippen molar-refractivity contribution in [2.45, 2.75) is 17.9 Å². The number of nitro benzene ring substituents is 1. The maximum absolute atomic E-state index is 13.8. The quantitative estimate of drug-likeness (QED) is 0.451. The van der Waals surface area contributed by atoms with Crippen LogP contribution in [0.2, 0.25) is 0 Å². The monoisotopic (exact) mass is 327 g/mol. The van der Waals surface area contributed by atoms with Gasteiger partial charge in [0.2, 0.25) is 0 Å². The summed E-state index contributed by atoms with van der Waals surface area (Å²) in [6.07, 6.45) is -0.435. The molecule has 1 aromatic carbocycles. The second kappa shape index (κ2) is 6.33. The van der Waals surface area contributed by atoms with Gasteiger partial charge in [-0.3, -0.25) is 10.1 Å². The van der Waals surface area contributed by atoms with Crippen LogP contribution in [0.25, 0.3) is 0 Å². The summed E-state index contributed by atoms with van der Waals surface area (Å²) in [6, 6.07) is 1.19. The number of rotatable bonds is 6. The Morgan fingerprint density at radius 1 is 1.50 bits per heavy atom. The molecule has 0 bridgehead atoms. The third-order valence-electron chi connectivity index (χ3n) is 2.33. The molecule has 7 nitrogen and oxygen atoms in total. The second-order valence-corrected chi connectivity index (χ2v) is 6.34. The molecule has 0 saturated heterocycles. The molecule has 0 heterocycles. The van der Waals surface area contributed by atoms with E-state index in [0.717, 1.165) is 0 Å². The standard InChI is InChI=1S/C10H11ClFNO6S/c1-6(18-2)5-19-10-8(12)3-7(13(14)15)4-9(10)20(11,16)17/h3-4,6H,5H2,1-2H3. The van der Waals surface area contributed by atoms with E-state index in [1.54, 1.807) is 6.92 Å². The predicted molar refractivity (Wildman–Crippen MR) is 68.1 cm³/mol. The number of hydrogen-bond acceptors (Lipinski definition) is 6. The molecule has 10 heteroatoms. The molecule has 1 rings (SSSR count). The summed E-state index contributed by atoms with van der Waals surface area (Å²) in [5.41, 5.74) is -0.742. The fraction of sp³-hybridized carbons (Fsp3) is 0.400. The van der Waals surface area contributed by atoms with Crippen LogP contribution in [-0.4, -0.2) is 33.2 Å². The zero-order valence-corrected chi connectivity index (χ0v) is 12.1. The van der Waals surface area contributed by atoms with Crippen molar-refractivity contribution >= 4 is 25.4 Å². The van der Waals surface area contributed by atoms with Crippen LogP contribution in [0.3, 0.4) is 0 Å². The molecule has 20 heavy (non-hydrogen) atoms. The number of non-ortho nitro benzene ring substituents is 1. The first-order chi connectivity index (χ1) is 9.16. The molecule has 0 radical (unpaired) electrons. The lowest BCUT2D eigenvalue weighted by Crippen LogP contribution is -2.17. The Kier molecular flexibility index (Phi) is 5.26. The molecule has 1 aromatic rings. The first-order valence-electron chi connectivity index (χ1n) is 5.25. The fourth-order valence-corrected chi connectivity index (χ4v) is 2.23. The zero-order valence-electron chi connectivity index (χ0n) is 10.5. The number of halogens is 2. The molecule has 0 aliphatic rings. The minimum absolute atomic E-state index is 0.148. The van der Waals surface area contributed by atoms with E-state index in [0.29, 0.717) is 12.1 Å². The van der Waals surface area contributed by atoms with Gasteiger partial charge < -0.3 is 9.47 Å². The Morgan fingerprint density at radius 3 is 2.55 bits per heavy atom. The maximum Gasteiger partial charge on any atom is 0.273 e. The maximum atomic E-state index is 13.8. The van der Waals surface area contributed by atoms with Crippen LogP contribution in [0.4, 0.5) is 10.1 Å². The highest BCUT2D eigenvalue weighted by Gasteiger charge is 2.26. The average Bonchev–Trinajstić information content (AvgIpc) is 2.34. The molecule has 0 fully saturated rings. The number of nitrogens with zero attached hydrogens (tertiary/aromatic N) is 1. The molecule has 0 aliphatic heterocycles. The molecule has 1 atom stereocenters. The van der Waals surface area contributed by atoms with E-state index in [4.69, 9.17) is 20.2 Å². The third kappa shape index (κ3) is 4.02. The number of ether oxygens (including phenoxy) is 2. The Morgan fingerprint density at radius 2 is 2.10 bits per heavy atom. The molecule has 0 N–H and O–H groups in total. The lowest BCUT2D eigenvalue weighted by molar-refractivity contribution is -0.385. The van der Waals surface area contributed by atoms with Gasteiger partial charge in [0.25, 0.3) is 14.7 Å². The van der Waals surface area contributed by atoms with Crippen molar-refractivity contribution in [2.24, 2.45) is 0 Å². The molecule has 112 valence electrons. The molecule has 1 unspecified atom stereocenters. The first-order valence-corrected chi connectivity index (χ1v) is 7.56. The topological polar surface area (TPSA) is 95.7 Å². The molecular formula is C10H11ClFNO6S. The Balaban J connectivity index is 3.31. The van der Waals surface area contributed by atoms with E-state index in [1.807, 2.05) is 0 Å². The Labute approximate surface area is 118 Å². The molecule has 0 spiro atoms. The number of hydrogen-bond donors (Lipinski definition) is 0. The highest BCUT2D eigenvalue weighted by atomic mass is 35.7. The van der Waals surface area contributed by atoms with Crippen LogP contribution in [0.5, 0.6) is 5.75 Å². The molecule has 0 aromatic heterocycles. The van der Waals surface area contributed by atoms with Crippen molar-refractivity contribution in [1.82, 2.24) is 0 Å². The average molecular weight is 328 g/mol. The van der Waals surface area contributed by atoms with E-state index in [2.05, 4.69) is 0 Å². The minimum atomic E-state index is -4.40. The van der Waals surface area contributed by atoms with Crippen LogP contribution in [0.1, 0.15) is 6.92 Å². The Bertz CT molecular complexity index is 620. The summed E-state index contributed by atoms with van der Waals surface area (Å²) >= 11 is 0. The van der Waals surface area contributed by atoms with Gasteiger partial charge in [0.05, 0.1) is 17.1 Å². The normalized spacial score (nSPS) is 13.0. The van der Waals surface area contributed by atoms with Crippen molar-refractivity contribution in [3.63, 3.8) is 0 Å². The summed E-state index contributed by atoms with van der Waals surface area (Å²) in [5, 5.41) is 10.6. The highest BCUT2D eigenvalue weighted by Crippen LogP contribution is 2.33. The van der Waals surface area contributed by atoms with Gasteiger partial charge in [-0.15, -0.1) is 0 Å². The highest BCUT2D eigenvalue weighted by molar-refractivity contribution is 8.13. The van der Waals surface area contributed by atoms with Crippen LogP contribution in [-0.2, 0) is 13.8 Å². The van der Waals surface area contributed by atoms with Gasteiger partial charge in [0, 0.05) is 23.9 Å². The van der Waals surface area contributed by atoms with Gasteiger partial charge >= 0.3 is 0 Å². The van der Waals surface area contributed by atoms with Gasteiger partial charge in [0.1, 0.15) is 11.5 Å². The molecular weight excluding hydrogens is 317 g/mol. The van der Waals surface area contributed by atoms with Crippen molar-refractivity contribution in [3.8, 4) is 5.75 Å². The van der Waals surface area contributed by atoms with Crippen LogP contribution >= 0.6 is 10.7 Å². The van der Waals surface area contributed by atoms with Crippen molar-refractivity contribution in [1.29, 1.82) is 0 Å². The SMILES string of the molecule is COC(C)COc1c(F)cc([N+](=O)[O-])cc1S(=O)(=O)Cl. The number of methoxy groups -OCH3 is 1. The lowest BCUT2D eigenvalue weighted by Gasteiger charge is -2.14. The van der Waals surface area contributed by atoms with Crippen molar-refractivity contribution in [3.05, 3.63) is 28.1 Å². The van der Waals surface area contributed by atoms with Crippen LogP contribution in [0, 0.1) is 15.9 Å². The summed E-state index contributed by atoms with van der Waals surface area (Å²) in [7, 11) is 2.12. The van der Waals surface area contributed by atoms with Gasteiger partial charge in [-0.05, 0) is 6.92 Å². The molecule has 0 aliphatic carbocycles. The smallest absolute Gasteiger partial charge is 0.273 e. The van der Waals surface area contributed by atoms with Gasteiger partial charge in [-0.1, -0.05) is 0 Å². The van der Waals surface area contributed by atoms with Gasteiger partial charge in [-0.25, -0.2) is 12.8 Å². The first kappa shape index (κ1) is 16.6. The summed E-state index contributed by atoms with van der Waals surface area (Å²) in [6.45, 7) is 1.46. The van der Waals surface area contributed by atoms with Gasteiger partial charge in [0.15, 0.2) is 11.6 Å². The van der Waals surface area contributed by atoms with Crippen LogP contribution < -0.4 is 4.74 Å².